The number of aromatic nitrogens is 2. The molecule has 124 valence electrons. The highest BCUT2D eigenvalue weighted by molar-refractivity contribution is 6.00. The lowest BCUT2D eigenvalue weighted by molar-refractivity contribution is 0.0694. The van der Waals surface area contributed by atoms with Gasteiger partial charge in [-0.3, -0.25) is 4.79 Å². The van der Waals surface area contributed by atoms with Crippen molar-refractivity contribution >= 4 is 18.3 Å². The molecule has 0 bridgehead atoms. The number of piperidine rings is 1. The van der Waals surface area contributed by atoms with Gasteiger partial charge in [0.1, 0.15) is 0 Å². The first-order valence-corrected chi connectivity index (χ1v) is 7.58. The average Bonchev–Trinajstić information content (AvgIpc) is 3.00. The van der Waals surface area contributed by atoms with Crippen LogP contribution in [0.1, 0.15) is 29.0 Å². The van der Waals surface area contributed by atoms with Gasteiger partial charge in [0.05, 0.1) is 11.1 Å². The van der Waals surface area contributed by atoms with E-state index in [2.05, 4.69) is 10.1 Å². The number of aryl methyl sites for hydroxylation is 1. The third-order valence-corrected chi connectivity index (χ3v) is 4.15. The van der Waals surface area contributed by atoms with E-state index in [0.29, 0.717) is 35.3 Å². The highest BCUT2D eigenvalue weighted by Crippen LogP contribution is 2.25. The summed E-state index contributed by atoms with van der Waals surface area (Å²) in [7, 11) is 0. The maximum Gasteiger partial charge on any atom is 0.258 e. The summed E-state index contributed by atoms with van der Waals surface area (Å²) in [5.41, 5.74) is 7.00. The molecule has 0 radical (unpaired) electrons. The number of benzene rings is 1. The highest BCUT2D eigenvalue weighted by atomic mass is 35.5. The minimum Gasteiger partial charge on any atom is -0.339 e. The van der Waals surface area contributed by atoms with Crippen LogP contribution in [0.2, 0.25) is 0 Å². The Morgan fingerprint density at radius 3 is 2.65 bits per heavy atom. The summed E-state index contributed by atoms with van der Waals surface area (Å²) in [6.45, 7) is 3.95. The molecule has 0 saturated carbocycles. The lowest BCUT2D eigenvalue weighted by atomic mass is 9.96. The number of carbonyl (C=O) groups excluding carboxylic acids is 1. The number of amides is 1. The van der Waals surface area contributed by atoms with E-state index in [1.807, 2.05) is 29.2 Å². The van der Waals surface area contributed by atoms with Crippen molar-refractivity contribution in [1.29, 1.82) is 0 Å². The predicted molar refractivity (Wildman–Crippen MR) is 89.4 cm³/mol. The van der Waals surface area contributed by atoms with Crippen molar-refractivity contribution in [2.24, 2.45) is 11.7 Å². The van der Waals surface area contributed by atoms with Crippen LogP contribution in [0.25, 0.3) is 11.5 Å². The Labute approximate surface area is 141 Å². The summed E-state index contributed by atoms with van der Waals surface area (Å²) < 4.78 is 5.21. The monoisotopic (exact) mass is 336 g/mol. The zero-order valence-corrected chi connectivity index (χ0v) is 13.9. The first-order chi connectivity index (χ1) is 10.7. The molecule has 2 aromatic rings. The van der Waals surface area contributed by atoms with Crippen molar-refractivity contribution in [3.63, 3.8) is 0 Å². The van der Waals surface area contributed by atoms with Gasteiger partial charge < -0.3 is 15.2 Å². The quantitative estimate of drug-likeness (QED) is 0.929. The fraction of sp³-hybridized carbons (Fsp3) is 0.438. The topological polar surface area (TPSA) is 85.2 Å². The smallest absolute Gasteiger partial charge is 0.258 e. The molecule has 1 aromatic heterocycles. The molecule has 0 atom stereocenters. The largest absolute Gasteiger partial charge is 0.339 e. The molecule has 0 spiro atoms. The first-order valence-electron chi connectivity index (χ1n) is 7.58. The second-order valence-corrected chi connectivity index (χ2v) is 5.66. The van der Waals surface area contributed by atoms with Crippen LogP contribution in [-0.4, -0.2) is 40.6 Å². The van der Waals surface area contributed by atoms with Crippen molar-refractivity contribution in [3.05, 3.63) is 35.7 Å². The Balaban J connectivity index is 0.00000192. The van der Waals surface area contributed by atoms with Gasteiger partial charge in [-0.05, 0) is 44.4 Å². The lowest BCUT2D eigenvalue weighted by Gasteiger charge is -2.31. The summed E-state index contributed by atoms with van der Waals surface area (Å²) in [5, 5.41) is 3.80. The minimum absolute atomic E-state index is 0. The molecular formula is C16H21ClN4O2. The fourth-order valence-electron chi connectivity index (χ4n) is 2.80. The summed E-state index contributed by atoms with van der Waals surface area (Å²) in [4.78, 5) is 18.9. The van der Waals surface area contributed by atoms with Crippen LogP contribution in [0.15, 0.2) is 28.8 Å². The van der Waals surface area contributed by atoms with Crippen molar-refractivity contribution < 1.29 is 9.32 Å². The molecule has 1 amide bonds. The molecule has 3 rings (SSSR count). The number of rotatable bonds is 3. The fourth-order valence-corrected chi connectivity index (χ4v) is 2.80. The minimum atomic E-state index is 0. The average molecular weight is 337 g/mol. The van der Waals surface area contributed by atoms with Gasteiger partial charge in [0.25, 0.3) is 11.8 Å². The molecule has 23 heavy (non-hydrogen) atoms. The number of halogens is 1. The van der Waals surface area contributed by atoms with E-state index >= 15 is 0 Å². The van der Waals surface area contributed by atoms with E-state index < -0.39 is 0 Å². The molecular weight excluding hydrogens is 316 g/mol. The van der Waals surface area contributed by atoms with Crippen molar-refractivity contribution in [2.45, 2.75) is 19.8 Å². The Morgan fingerprint density at radius 2 is 2.04 bits per heavy atom. The summed E-state index contributed by atoms with van der Waals surface area (Å²) in [6, 6.07) is 7.37. The third-order valence-electron chi connectivity index (χ3n) is 4.15. The summed E-state index contributed by atoms with van der Waals surface area (Å²) in [5.74, 6) is 1.49. The summed E-state index contributed by atoms with van der Waals surface area (Å²) >= 11 is 0. The van der Waals surface area contributed by atoms with E-state index in [-0.39, 0.29) is 18.3 Å². The normalized spacial score (nSPS) is 15.3. The van der Waals surface area contributed by atoms with Crippen molar-refractivity contribution in [3.8, 4) is 11.5 Å². The Hall–Kier alpha value is -1.92. The maximum absolute atomic E-state index is 12.8. The second kappa shape index (κ2) is 7.57. The number of nitrogens with two attached hydrogens (primary N) is 1. The lowest BCUT2D eigenvalue weighted by Crippen LogP contribution is -2.40. The number of carbonyl (C=O) groups is 1. The first kappa shape index (κ1) is 17.4. The molecule has 2 heterocycles. The van der Waals surface area contributed by atoms with E-state index in [4.69, 9.17) is 10.3 Å². The Kier molecular flexibility index (Phi) is 5.74. The zero-order chi connectivity index (χ0) is 15.5. The number of hydrogen-bond donors (Lipinski definition) is 1. The molecule has 1 aliphatic heterocycles. The van der Waals surface area contributed by atoms with E-state index in [1.54, 1.807) is 6.92 Å². The van der Waals surface area contributed by atoms with Crippen LogP contribution in [0.5, 0.6) is 0 Å². The molecule has 0 unspecified atom stereocenters. The SMILES string of the molecule is Cc1noc(-c2ccccc2C(=O)N2CCC(CN)CC2)n1.Cl. The van der Waals surface area contributed by atoms with Gasteiger partial charge in [-0.1, -0.05) is 17.3 Å². The molecule has 1 aromatic carbocycles. The number of likely N-dealkylation sites (tertiary alicyclic amines) is 1. The van der Waals surface area contributed by atoms with E-state index in [1.165, 1.54) is 0 Å². The van der Waals surface area contributed by atoms with E-state index in [0.717, 1.165) is 25.9 Å². The second-order valence-electron chi connectivity index (χ2n) is 5.66. The van der Waals surface area contributed by atoms with Crippen LogP contribution in [0, 0.1) is 12.8 Å². The molecule has 0 aliphatic carbocycles. The standard InChI is InChI=1S/C16H20N4O2.ClH/c1-11-18-15(22-19-11)13-4-2-3-5-14(13)16(21)20-8-6-12(10-17)7-9-20;/h2-5,12H,6-10,17H2,1H3;1H. The predicted octanol–water partition coefficient (Wildman–Crippen LogP) is 2.28. The van der Waals surface area contributed by atoms with Gasteiger partial charge in [0.15, 0.2) is 5.82 Å². The van der Waals surface area contributed by atoms with Gasteiger partial charge in [0.2, 0.25) is 0 Å². The Bertz CT molecular complexity index is 666. The number of nitrogens with zero attached hydrogens (tertiary/aromatic N) is 3. The molecule has 1 saturated heterocycles. The van der Waals surface area contributed by atoms with Crippen LogP contribution in [0.3, 0.4) is 0 Å². The highest BCUT2D eigenvalue weighted by Gasteiger charge is 2.25. The summed E-state index contributed by atoms with van der Waals surface area (Å²) in [6.07, 6.45) is 1.92. The van der Waals surface area contributed by atoms with Crippen LogP contribution in [-0.2, 0) is 0 Å². The van der Waals surface area contributed by atoms with Crippen molar-refractivity contribution in [2.75, 3.05) is 19.6 Å². The molecule has 2 N–H and O–H groups in total. The molecule has 1 fully saturated rings. The van der Waals surface area contributed by atoms with Gasteiger partial charge in [0, 0.05) is 13.1 Å². The van der Waals surface area contributed by atoms with Gasteiger partial charge in [-0.25, -0.2) is 0 Å². The van der Waals surface area contributed by atoms with Crippen LogP contribution in [0.4, 0.5) is 0 Å². The van der Waals surface area contributed by atoms with Gasteiger partial charge in [-0.2, -0.15) is 4.98 Å². The van der Waals surface area contributed by atoms with Crippen LogP contribution >= 0.6 is 12.4 Å². The van der Waals surface area contributed by atoms with Gasteiger partial charge >= 0.3 is 0 Å². The van der Waals surface area contributed by atoms with Crippen LogP contribution < -0.4 is 5.73 Å². The van der Waals surface area contributed by atoms with Gasteiger partial charge in [-0.15, -0.1) is 12.4 Å². The molecule has 7 heteroatoms. The number of hydrogen-bond acceptors (Lipinski definition) is 5. The third kappa shape index (κ3) is 3.71. The van der Waals surface area contributed by atoms with E-state index in [9.17, 15) is 4.79 Å². The zero-order valence-electron chi connectivity index (χ0n) is 13.1. The molecule has 6 nitrogen and oxygen atoms in total. The molecule has 1 aliphatic rings. The van der Waals surface area contributed by atoms with Crippen molar-refractivity contribution in [1.82, 2.24) is 15.0 Å². The maximum atomic E-state index is 12.8. The Morgan fingerprint density at radius 1 is 1.35 bits per heavy atom.